The molecule has 0 aliphatic heterocycles. The second-order valence-electron chi connectivity index (χ2n) is 4.88. The number of hydrogen-bond acceptors (Lipinski definition) is 8. The van der Waals surface area contributed by atoms with E-state index in [0.29, 0.717) is 0 Å². The Bertz CT molecular complexity index is 689. The third kappa shape index (κ3) is 4.85. The molecular formula is C18H22O4S4. The highest BCUT2D eigenvalue weighted by Crippen LogP contribution is 2.49. The fraction of sp³-hybridized carbons (Fsp3) is 0.333. The Labute approximate surface area is 171 Å². The van der Waals surface area contributed by atoms with Crippen LogP contribution in [0.25, 0.3) is 0 Å². The minimum absolute atomic E-state index is 0.787. The zero-order chi connectivity index (χ0) is 19.1. The lowest BCUT2D eigenvalue weighted by Gasteiger charge is -2.15. The standard InChI is InChI=1S/C18H22O4S4/c1-19-11-7-13(21-3)17(9-15(11)23-5)25-26-18-10-16(24-6)12(20-2)8-14(18)22-4/h7-10H,1-6H3. The van der Waals surface area contributed by atoms with Gasteiger partial charge in [-0.15, -0.1) is 23.5 Å². The molecule has 0 heterocycles. The summed E-state index contributed by atoms with van der Waals surface area (Å²) < 4.78 is 21.9. The van der Waals surface area contributed by atoms with Crippen molar-refractivity contribution < 1.29 is 18.9 Å². The SMILES string of the molecule is COc1cc(OC)c(SSc2cc(SC)c(OC)cc2OC)cc1SC. The topological polar surface area (TPSA) is 36.9 Å². The van der Waals surface area contributed by atoms with Crippen LogP contribution in [0, 0.1) is 0 Å². The van der Waals surface area contributed by atoms with Crippen molar-refractivity contribution in [3.05, 3.63) is 24.3 Å². The predicted octanol–water partition coefficient (Wildman–Crippen LogP) is 5.96. The molecule has 0 N–H and O–H groups in total. The van der Waals surface area contributed by atoms with E-state index in [1.165, 1.54) is 0 Å². The van der Waals surface area contributed by atoms with Crippen LogP contribution in [0.4, 0.5) is 0 Å². The van der Waals surface area contributed by atoms with Crippen LogP contribution in [0.15, 0.2) is 43.8 Å². The average Bonchev–Trinajstić information content (AvgIpc) is 2.70. The van der Waals surface area contributed by atoms with Crippen LogP contribution < -0.4 is 18.9 Å². The van der Waals surface area contributed by atoms with Crippen LogP contribution in [0.1, 0.15) is 0 Å². The van der Waals surface area contributed by atoms with E-state index in [4.69, 9.17) is 18.9 Å². The third-order valence-electron chi connectivity index (χ3n) is 3.56. The van der Waals surface area contributed by atoms with Gasteiger partial charge in [-0.05, 0) is 46.2 Å². The Kier molecular flexibility index (Phi) is 8.53. The van der Waals surface area contributed by atoms with E-state index < -0.39 is 0 Å². The zero-order valence-corrected chi connectivity index (χ0v) is 18.8. The monoisotopic (exact) mass is 430 g/mol. The summed E-state index contributed by atoms with van der Waals surface area (Å²) in [5.74, 6) is 3.20. The number of hydrogen-bond donors (Lipinski definition) is 0. The van der Waals surface area contributed by atoms with Gasteiger partial charge in [0.05, 0.1) is 48.0 Å². The number of benzene rings is 2. The molecule has 0 fully saturated rings. The van der Waals surface area contributed by atoms with Gasteiger partial charge in [-0.25, -0.2) is 0 Å². The van der Waals surface area contributed by atoms with Gasteiger partial charge in [0.1, 0.15) is 23.0 Å². The van der Waals surface area contributed by atoms with E-state index >= 15 is 0 Å². The number of rotatable bonds is 9. The number of methoxy groups -OCH3 is 4. The maximum absolute atomic E-state index is 5.53. The quantitative estimate of drug-likeness (QED) is 0.356. The molecule has 0 spiro atoms. The van der Waals surface area contributed by atoms with Crippen molar-refractivity contribution >= 4 is 45.1 Å². The fourth-order valence-electron chi connectivity index (χ4n) is 2.22. The Morgan fingerprint density at radius 2 is 0.808 bits per heavy atom. The normalized spacial score (nSPS) is 10.5. The summed E-state index contributed by atoms with van der Waals surface area (Å²) in [6.07, 6.45) is 4.06. The van der Waals surface area contributed by atoms with Crippen LogP contribution in [0.5, 0.6) is 23.0 Å². The smallest absolute Gasteiger partial charge is 0.137 e. The molecule has 2 aromatic rings. The Morgan fingerprint density at radius 1 is 0.500 bits per heavy atom. The maximum atomic E-state index is 5.53. The molecule has 142 valence electrons. The molecule has 0 aromatic heterocycles. The maximum Gasteiger partial charge on any atom is 0.137 e. The van der Waals surface area contributed by atoms with E-state index in [-0.39, 0.29) is 0 Å². The molecule has 0 saturated carbocycles. The molecule has 0 amide bonds. The lowest BCUT2D eigenvalue weighted by atomic mass is 10.3. The van der Waals surface area contributed by atoms with E-state index in [1.807, 2.05) is 24.6 Å². The van der Waals surface area contributed by atoms with Crippen LogP contribution in [-0.2, 0) is 0 Å². The molecule has 0 unspecified atom stereocenters. The summed E-state index contributed by atoms with van der Waals surface area (Å²) in [4.78, 5) is 4.21. The van der Waals surface area contributed by atoms with Gasteiger partial charge in [-0.3, -0.25) is 0 Å². The molecule has 2 rings (SSSR count). The van der Waals surface area contributed by atoms with Gasteiger partial charge in [0.25, 0.3) is 0 Å². The first kappa shape index (κ1) is 21.3. The van der Waals surface area contributed by atoms with Crippen molar-refractivity contribution in [2.75, 3.05) is 41.0 Å². The highest BCUT2D eigenvalue weighted by atomic mass is 33.1. The average molecular weight is 431 g/mol. The Balaban J connectivity index is 2.33. The van der Waals surface area contributed by atoms with Crippen LogP contribution >= 0.6 is 45.1 Å². The van der Waals surface area contributed by atoms with Crippen molar-refractivity contribution in [3.8, 4) is 23.0 Å². The van der Waals surface area contributed by atoms with Gasteiger partial charge >= 0.3 is 0 Å². The van der Waals surface area contributed by atoms with Crippen molar-refractivity contribution in [1.82, 2.24) is 0 Å². The van der Waals surface area contributed by atoms with E-state index in [9.17, 15) is 0 Å². The van der Waals surface area contributed by atoms with Gasteiger partial charge in [0, 0.05) is 12.1 Å². The predicted molar refractivity (Wildman–Crippen MR) is 114 cm³/mol. The van der Waals surface area contributed by atoms with Gasteiger partial charge in [0.15, 0.2) is 0 Å². The second kappa shape index (κ2) is 10.4. The summed E-state index contributed by atoms with van der Waals surface area (Å²) in [6, 6.07) is 8.03. The zero-order valence-electron chi connectivity index (χ0n) is 15.6. The summed E-state index contributed by atoms with van der Waals surface area (Å²) in [7, 11) is 9.93. The summed E-state index contributed by atoms with van der Waals surface area (Å²) in [6.45, 7) is 0. The molecule has 8 heteroatoms. The molecule has 0 atom stereocenters. The van der Waals surface area contributed by atoms with E-state index in [0.717, 1.165) is 42.6 Å². The Morgan fingerprint density at radius 3 is 1.08 bits per heavy atom. The lowest BCUT2D eigenvalue weighted by molar-refractivity contribution is 0.381. The largest absolute Gasteiger partial charge is 0.495 e. The first-order valence-corrected chi connectivity index (χ1v) is 12.2. The van der Waals surface area contributed by atoms with Crippen molar-refractivity contribution in [2.45, 2.75) is 19.6 Å². The van der Waals surface area contributed by atoms with Crippen LogP contribution in [-0.4, -0.2) is 41.0 Å². The van der Waals surface area contributed by atoms with Gasteiger partial charge in [-0.2, -0.15) is 0 Å². The summed E-state index contributed by atoms with van der Waals surface area (Å²) >= 11 is 3.29. The van der Waals surface area contributed by atoms with Crippen molar-refractivity contribution in [2.24, 2.45) is 0 Å². The second-order valence-corrected chi connectivity index (χ2v) is 8.79. The van der Waals surface area contributed by atoms with Gasteiger partial charge in [0.2, 0.25) is 0 Å². The summed E-state index contributed by atoms with van der Waals surface area (Å²) in [5.41, 5.74) is 0. The van der Waals surface area contributed by atoms with Gasteiger partial charge in [-0.1, -0.05) is 0 Å². The molecule has 2 aromatic carbocycles. The summed E-state index contributed by atoms with van der Waals surface area (Å²) in [5, 5.41) is 0. The van der Waals surface area contributed by atoms with Gasteiger partial charge < -0.3 is 18.9 Å². The molecule has 0 aliphatic rings. The molecule has 0 aliphatic carbocycles. The van der Waals surface area contributed by atoms with E-state index in [2.05, 4.69) is 12.1 Å². The first-order valence-electron chi connectivity index (χ1n) is 7.56. The van der Waals surface area contributed by atoms with Crippen molar-refractivity contribution in [1.29, 1.82) is 0 Å². The number of thioether (sulfide) groups is 2. The molecular weight excluding hydrogens is 408 g/mol. The molecule has 0 saturated heterocycles. The highest BCUT2D eigenvalue weighted by molar-refractivity contribution is 8.76. The first-order chi connectivity index (χ1) is 12.6. The minimum Gasteiger partial charge on any atom is -0.495 e. The van der Waals surface area contributed by atoms with E-state index in [1.54, 1.807) is 73.6 Å². The number of ether oxygens (including phenoxy) is 4. The molecule has 0 bridgehead atoms. The fourth-order valence-corrected chi connectivity index (χ4v) is 5.81. The Hall–Kier alpha value is -0.960. The van der Waals surface area contributed by atoms with Crippen LogP contribution in [0.3, 0.4) is 0 Å². The molecule has 26 heavy (non-hydrogen) atoms. The molecule has 4 nitrogen and oxygen atoms in total. The third-order valence-corrected chi connectivity index (χ3v) is 7.49. The minimum atomic E-state index is 0.787. The van der Waals surface area contributed by atoms with Crippen LogP contribution in [0.2, 0.25) is 0 Å². The van der Waals surface area contributed by atoms with Crippen molar-refractivity contribution in [3.63, 3.8) is 0 Å². The highest BCUT2D eigenvalue weighted by Gasteiger charge is 2.15. The molecule has 0 radical (unpaired) electrons. The lowest BCUT2D eigenvalue weighted by Crippen LogP contribution is -1.92.